The van der Waals surface area contributed by atoms with E-state index in [-0.39, 0.29) is 0 Å². The van der Waals surface area contributed by atoms with Gasteiger partial charge in [0, 0.05) is 11.4 Å². The van der Waals surface area contributed by atoms with Gasteiger partial charge in [-0.05, 0) is 44.6 Å². The molecule has 3 nitrogen and oxygen atoms in total. The first-order valence-corrected chi connectivity index (χ1v) is 5.78. The summed E-state index contributed by atoms with van der Waals surface area (Å²) in [7, 11) is 1.94. The summed E-state index contributed by atoms with van der Waals surface area (Å²) in [5.41, 5.74) is 2.74. The molecule has 0 atom stereocenters. The van der Waals surface area contributed by atoms with Gasteiger partial charge in [-0.25, -0.2) is 4.98 Å². The minimum Gasteiger partial charge on any atom is -0.440 e. The van der Waals surface area contributed by atoms with E-state index < -0.39 is 0 Å². The predicted molar refractivity (Wildman–Crippen MR) is 66.0 cm³/mol. The fourth-order valence-corrected chi connectivity index (χ4v) is 1.99. The molecule has 4 heteroatoms. The highest BCUT2D eigenvalue weighted by molar-refractivity contribution is 6.31. The van der Waals surface area contributed by atoms with E-state index in [0.29, 0.717) is 5.02 Å². The van der Waals surface area contributed by atoms with Crippen LogP contribution in [0.3, 0.4) is 0 Å². The average molecular weight is 239 g/mol. The van der Waals surface area contributed by atoms with Crippen LogP contribution in [-0.2, 0) is 6.42 Å². The maximum Gasteiger partial charge on any atom is 0.195 e. The highest BCUT2D eigenvalue weighted by Crippen LogP contribution is 2.24. The van der Waals surface area contributed by atoms with Gasteiger partial charge in [-0.3, -0.25) is 0 Å². The topological polar surface area (TPSA) is 38.1 Å². The van der Waals surface area contributed by atoms with Gasteiger partial charge in [0.2, 0.25) is 0 Å². The zero-order valence-corrected chi connectivity index (χ0v) is 10.3. The van der Waals surface area contributed by atoms with Crippen molar-refractivity contribution in [1.29, 1.82) is 0 Å². The van der Waals surface area contributed by atoms with Gasteiger partial charge in [-0.15, -0.1) is 0 Å². The first-order valence-electron chi connectivity index (χ1n) is 5.41. The summed E-state index contributed by atoms with van der Waals surface area (Å²) in [6.07, 6.45) is 1.88. The van der Waals surface area contributed by atoms with Crippen LogP contribution in [0, 0.1) is 6.92 Å². The molecule has 1 N–H and O–H groups in total. The molecule has 0 spiro atoms. The first-order chi connectivity index (χ1) is 7.70. The number of hydrogen-bond acceptors (Lipinski definition) is 3. The van der Waals surface area contributed by atoms with Crippen LogP contribution in [0.15, 0.2) is 16.5 Å². The lowest BCUT2D eigenvalue weighted by atomic mass is 10.2. The van der Waals surface area contributed by atoms with Crippen molar-refractivity contribution < 1.29 is 4.42 Å². The third-order valence-corrected chi connectivity index (χ3v) is 2.72. The number of halogens is 1. The molecule has 0 aliphatic heterocycles. The molecular formula is C12H15ClN2O. The lowest BCUT2D eigenvalue weighted by molar-refractivity contribution is 0.514. The van der Waals surface area contributed by atoms with Gasteiger partial charge in [-0.1, -0.05) is 11.6 Å². The summed E-state index contributed by atoms with van der Waals surface area (Å²) in [5, 5.41) is 3.81. The average Bonchev–Trinajstić information content (AvgIpc) is 2.61. The Hall–Kier alpha value is -1.06. The van der Waals surface area contributed by atoms with Crippen molar-refractivity contribution in [2.45, 2.75) is 19.8 Å². The highest BCUT2D eigenvalue weighted by Gasteiger charge is 2.08. The van der Waals surface area contributed by atoms with E-state index in [2.05, 4.69) is 10.3 Å². The summed E-state index contributed by atoms with van der Waals surface area (Å²) in [4.78, 5) is 4.43. The summed E-state index contributed by atoms with van der Waals surface area (Å²) in [5.74, 6) is 0.788. The van der Waals surface area contributed by atoms with Crippen LogP contribution in [0.5, 0.6) is 0 Å². The second-order valence-electron chi connectivity index (χ2n) is 3.89. The van der Waals surface area contributed by atoms with Crippen molar-refractivity contribution in [3.05, 3.63) is 28.6 Å². The lowest BCUT2D eigenvalue weighted by Gasteiger charge is -1.95. The number of nitrogens with one attached hydrogen (secondary N) is 1. The Labute approximate surface area is 99.8 Å². The standard InChI is InChI=1S/C12H15ClN2O/c1-8-6-9(13)7-10-12(8)16-11(15-10)4-3-5-14-2/h6-7,14H,3-5H2,1-2H3. The Morgan fingerprint density at radius 1 is 1.44 bits per heavy atom. The zero-order chi connectivity index (χ0) is 11.5. The van der Waals surface area contributed by atoms with Gasteiger partial charge in [-0.2, -0.15) is 0 Å². The summed E-state index contributed by atoms with van der Waals surface area (Å²) in [6.45, 7) is 2.95. The Kier molecular flexibility index (Phi) is 3.46. The van der Waals surface area contributed by atoms with Crippen LogP contribution >= 0.6 is 11.6 Å². The fraction of sp³-hybridized carbons (Fsp3) is 0.417. The van der Waals surface area contributed by atoms with Crippen molar-refractivity contribution in [2.75, 3.05) is 13.6 Å². The van der Waals surface area contributed by atoms with E-state index in [9.17, 15) is 0 Å². The van der Waals surface area contributed by atoms with Crippen LogP contribution < -0.4 is 5.32 Å². The molecule has 0 unspecified atom stereocenters. The monoisotopic (exact) mass is 238 g/mol. The van der Waals surface area contributed by atoms with Gasteiger partial charge in [0.15, 0.2) is 11.5 Å². The first kappa shape index (κ1) is 11.4. The van der Waals surface area contributed by atoms with Gasteiger partial charge in [0.1, 0.15) is 5.52 Å². The van der Waals surface area contributed by atoms with E-state index in [4.69, 9.17) is 16.0 Å². The molecule has 0 fully saturated rings. The van der Waals surface area contributed by atoms with Crippen LogP contribution in [0.1, 0.15) is 17.9 Å². The molecule has 0 bridgehead atoms. The molecule has 2 rings (SSSR count). The smallest absolute Gasteiger partial charge is 0.195 e. The third-order valence-electron chi connectivity index (χ3n) is 2.50. The number of fused-ring (bicyclic) bond motifs is 1. The van der Waals surface area contributed by atoms with E-state index in [1.165, 1.54) is 0 Å². The predicted octanol–water partition coefficient (Wildman–Crippen LogP) is 2.94. The summed E-state index contributed by atoms with van der Waals surface area (Å²) in [6, 6.07) is 3.74. The molecule has 1 heterocycles. The van der Waals surface area contributed by atoms with Gasteiger partial charge < -0.3 is 9.73 Å². The number of nitrogens with zero attached hydrogens (tertiary/aromatic N) is 1. The Morgan fingerprint density at radius 2 is 2.25 bits per heavy atom. The zero-order valence-electron chi connectivity index (χ0n) is 9.51. The number of aromatic nitrogens is 1. The van der Waals surface area contributed by atoms with Crippen molar-refractivity contribution >= 4 is 22.7 Å². The second-order valence-corrected chi connectivity index (χ2v) is 4.32. The maximum absolute atomic E-state index is 5.97. The van der Waals surface area contributed by atoms with Crippen LogP contribution in [0.25, 0.3) is 11.1 Å². The molecule has 1 aromatic carbocycles. The van der Waals surface area contributed by atoms with Crippen molar-refractivity contribution in [3.8, 4) is 0 Å². The second kappa shape index (κ2) is 4.85. The number of rotatable bonds is 4. The number of hydrogen-bond donors (Lipinski definition) is 1. The molecule has 0 amide bonds. The molecule has 0 radical (unpaired) electrons. The minimum atomic E-state index is 0.708. The largest absolute Gasteiger partial charge is 0.440 e. The molecule has 0 aliphatic rings. The van der Waals surface area contributed by atoms with Crippen LogP contribution in [-0.4, -0.2) is 18.6 Å². The SMILES string of the molecule is CNCCCc1nc2cc(Cl)cc(C)c2o1. The number of oxazole rings is 1. The highest BCUT2D eigenvalue weighted by atomic mass is 35.5. The van der Waals surface area contributed by atoms with E-state index >= 15 is 0 Å². The van der Waals surface area contributed by atoms with E-state index in [1.807, 2.05) is 26.1 Å². The quantitative estimate of drug-likeness (QED) is 0.833. The Morgan fingerprint density at radius 3 is 3.00 bits per heavy atom. The minimum absolute atomic E-state index is 0.708. The molecule has 0 saturated carbocycles. The Bertz CT molecular complexity index is 493. The van der Waals surface area contributed by atoms with Gasteiger partial charge in [0.05, 0.1) is 0 Å². The molecule has 16 heavy (non-hydrogen) atoms. The molecule has 1 aromatic heterocycles. The lowest BCUT2D eigenvalue weighted by Crippen LogP contribution is -2.08. The molecule has 86 valence electrons. The number of benzene rings is 1. The fourth-order valence-electron chi connectivity index (χ4n) is 1.73. The number of aryl methyl sites for hydroxylation is 2. The van der Waals surface area contributed by atoms with Crippen LogP contribution in [0.4, 0.5) is 0 Å². The molecule has 0 aliphatic carbocycles. The van der Waals surface area contributed by atoms with E-state index in [1.54, 1.807) is 0 Å². The Balaban J connectivity index is 2.26. The van der Waals surface area contributed by atoms with Gasteiger partial charge >= 0.3 is 0 Å². The molecular weight excluding hydrogens is 224 g/mol. The van der Waals surface area contributed by atoms with Crippen molar-refractivity contribution in [3.63, 3.8) is 0 Å². The van der Waals surface area contributed by atoms with Crippen molar-refractivity contribution in [1.82, 2.24) is 10.3 Å². The van der Waals surface area contributed by atoms with E-state index in [0.717, 1.165) is 41.9 Å². The molecule has 2 aromatic rings. The van der Waals surface area contributed by atoms with Crippen LogP contribution in [0.2, 0.25) is 5.02 Å². The third kappa shape index (κ3) is 2.36. The normalized spacial score (nSPS) is 11.2. The van der Waals surface area contributed by atoms with Gasteiger partial charge in [0.25, 0.3) is 0 Å². The maximum atomic E-state index is 5.97. The summed E-state index contributed by atoms with van der Waals surface area (Å²) < 4.78 is 5.70. The van der Waals surface area contributed by atoms with Crippen molar-refractivity contribution in [2.24, 2.45) is 0 Å². The molecule has 0 saturated heterocycles. The summed E-state index contributed by atoms with van der Waals surface area (Å²) >= 11 is 5.97.